The van der Waals surface area contributed by atoms with Crippen molar-refractivity contribution in [3.05, 3.63) is 99.1 Å². The molecule has 0 heterocycles. The van der Waals surface area contributed by atoms with E-state index in [0.29, 0.717) is 12.1 Å². The second kappa shape index (κ2) is 13.9. The summed E-state index contributed by atoms with van der Waals surface area (Å²) < 4.78 is 27.7. The van der Waals surface area contributed by atoms with E-state index in [1.54, 1.807) is 24.3 Å². The van der Waals surface area contributed by atoms with Crippen molar-refractivity contribution < 1.29 is 18.0 Å². The first-order chi connectivity index (χ1) is 18.5. The Balaban J connectivity index is 2.05. The van der Waals surface area contributed by atoms with Crippen molar-refractivity contribution in [1.29, 1.82) is 0 Å². The quantitative estimate of drug-likeness (QED) is 0.280. The van der Waals surface area contributed by atoms with Crippen LogP contribution in [0.4, 0.5) is 5.69 Å². The first-order valence-electron chi connectivity index (χ1n) is 12.9. The molecule has 0 aromatic heterocycles. The van der Waals surface area contributed by atoms with Gasteiger partial charge in [-0.25, -0.2) is 8.42 Å². The molecule has 2 atom stereocenters. The van der Waals surface area contributed by atoms with Gasteiger partial charge in [-0.15, -0.1) is 0 Å². The van der Waals surface area contributed by atoms with Crippen LogP contribution < -0.4 is 9.62 Å². The van der Waals surface area contributed by atoms with Gasteiger partial charge in [0, 0.05) is 22.6 Å². The second-order valence-corrected chi connectivity index (χ2v) is 12.9. The van der Waals surface area contributed by atoms with Crippen LogP contribution >= 0.6 is 22.6 Å². The van der Waals surface area contributed by atoms with E-state index in [-0.39, 0.29) is 18.5 Å². The molecule has 9 heteroatoms. The van der Waals surface area contributed by atoms with Crippen molar-refractivity contribution in [2.24, 2.45) is 0 Å². The molecule has 0 spiro atoms. The number of sulfonamides is 1. The minimum Gasteiger partial charge on any atom is -0.352 e. The molecule has 7 nitrogen and oxygen atoms in total. The van der Waals surface area contributed by atoms with E-state index in [2.05, 4.69) is 27.9 Å². The maximum absolute atomic E-state index is 14.1. The van der Waals surface area contributed by atoms with E-state index < -0.39 is 28.5 Å². The van der Waals surface area contributed by atoms with Crippen molar-refractivity contribution in [3.8, 4) is 0 Å². The summed E-state index contributed by atoms with van der Waals surface area (Å²) in [6.45, 7) is 5.61. The van der Waals surface area contributed by atoms with Gasteiger partial charge in [0.25, 0.3) is 0 Å². The van der Waals surface area contributed by atoms with Gasteiger partial charge >= 0.3 is 0 Å². The highest BCUT2D eigenvalue weighted by Crippen LogP contribution is 2.22. The normalized spacial score (nSPS) is 12.8. The third-order valence-corrected chi connectivity index (χ3v) is 8.36. The smallest absolute Gasteiger partial charge is 0.244 e. The maximum Gasteiger partial charge on any atom is 0.244 e. The van der Waals surface area contributed by atoms with E-state index >= 15 is 0 Å². The van der Waals surface area contributed by atoms with Crippen molar-refractivity contribution in [3.63, 3.8) is 0 Å². The molecule has 3 aromatic carbocycles. The fraction of sp³-hybridized carbons (Fsp3) is 0.333. The maximum atomic E-state index is 14.1. The molecular formula is C30H36IN3O4S. The molecule has 0 fully saturated rings. The molecule has 0 unspecified atom stereocenters. The monoisotopic (exact) mass is 661 g/mol. The van der Waals surface area contributed by atoms with Gasteiger partial charge in [0.2, 0.25) is 21.8 Å². The van der Waals surface area contributed by atoms with Gasteiger partial charge in [-0.1, -0.05) is 67.1 Å². The summed E-state index contributed by atoms with van der Waals surface area (Å²) in [5.41, 5.74) is 3.19. The van der Waals surface area contributed by atoms with Crippen LogP contribution in [-0.4, -0.2) is 50.0 Å². The van der Waals surface area contributed by atoms with Gasteiger partial charge in [-0.2, -0.15) is 0 Å². The molecule has 1 N–H and O–H groups in total. The highest BCUT2D eigenvalue weighted by atomic mass is 127. The summed E-state index contributed by atoms with van der Waals surface area (Å²) in [5, 5.41) is 3.04. The fourth-order valence-electron chi connectivity index (χ4n) is 4.22. The number of benzene rings is 3. The lowest BCUT2D eigenvalue weighted by atomic mass is 10.0. The average Bonchev–Trinajstić information content (AvgIpc) is 2.89. The predicted octanol–water partition coefficient (Wildman–Crippen LogP) is 4.92. The molecule has 0 aliphatic carbocycles. The zero-order chi connectivity index (χ0) is 28.6. The lowest BCUT2D eigenvalue weighted by molar-refractivity contribution is -0.140. The Labute approximate surface area is 245 Å². The number of hydrogen-bond acceptors (Lipinski definition) is 4. The number of aryl methyl sites for hydroxylation is 1. The predicted molar refractivity (Wildman–Crippen MR) is 165 cm³/mol. The summed E-state index contributed by atoms with van der Waals surface area (Å²) in [6.07, 6.45) is 2.12. The number of halogens is 1. The molecular weight excluding hydrogens is 625 g/mol. The van der Waals surface area contributed by atoms with Gasteiger partial charge in [0.1, 0.15) is 12.6 Å². The van der Waals surface area contributed by atoms with E-state index in [4.69, 9.17) is 0 Å². The highest BCUT2D eigenvalue weighted by Gasteiger charge is 2.33. The highest BCUT2D eigenvalue weighted by molar-refractivity contribution is 14.1. The molecule has 0 bridgehead atoms. The first-order valence-corrected chi connectivity index (χ1v) is 15.8. The second-order valence-electron chi connectivity index (χ2n) is 9.78. The van der Waals surface area contributed by atoms with Gasteiger partial charge < -0.3 is 10.2 Å². The molecule has 0 saturated heterocycles. The number of nitrogens with one attached hydrogen (secondary N) is 1. The summed E-state index contributed by atoms with van der Waals surface area (Å²) in [6, 6.07) is 23.3. The largest absolute Gasteiger partial charge is 0.352 e. The van der Waals surface area contributed by atoms with E-state index in [9.17, 15) is 18.0 Å². The van der Waals surface area contributed by atoms with Crippen molar-refractivity contribution in [1.82, 2.24) is 10.2 Å². The molecule has 0 radical (unpaired) electrons. The van der Waals surface area contributed by atoms with Crippen LogP contribution in [-0.2, 0) is 32.6 Å². The first kappa shape index (κ1) is 30.6. The number of hydrogen-bond donors (Lipinski definition) is 1. The zero-order valence-electron chi connectivity index (χ0n) is 22.8. The van der Waals surface area contributed by atoms with Crippen LogP contribution in [0.2, 0.25) is 0 Å². The van der Waals surface area contributed by atoms with Crippen LogP contribution in [0, 0.1) is 10.5 Å². The number of anilines is 1. The summed E-state index contributed by atoms with van der Waals surface area (Å²) >= 11 is 2.14. The van der Waals surface area contributed by atoms with E-state index in [1.807, 2.05) is 75.4 Å². The van der Waals surface area contributed by atoms with Crippen LogP contribution in [0.15, 0.2) is 78.9 Å². The summed E-state index contributed by atoms with van der Waals surface area (Å²) in [5.74, 6) is -0.727. The Bertz CT molecular complexity index is 1360. The Morgan fingerprint density at radius 1 is 0.949 bits per heavy atom. The van der Waals surface area contributed by atoms with Crippen molar-refractivity contribution in [2.75, 3.05) is 17.1 Å². The molecule has 39 heavy (non-hydrogen) atoms. The Morgan fingerprint density at radius 3 is 2.18 bits per heavy atom. The minimum absolute atomic E-state index is 0.0778. The Hall–Kier alpha value is -2.92. The molecule has 3 rings (SSSR count). The van der Waals surface area contributed by atoms with Gasteiger partial charge in [0.05, 0.1) is 11.9 Å². The minimum atomic E-state index is -3.78. The van der Waals surface area contributed by atoms with Gasteiger partial charge in [0.15, 0.2) is 0 Å². The van der Waals surface area contributed by atoms with Crippen LogP contribution in [0.5, 0.6) is 0 Å². The topological polar surface area (TPSA) is 86.8 Å². The molecule has 3 aromatic rings. The summed E-state index contributed by atoms with van der Waals surface area (Å²) in [7, 11) is -3.78. The number of nitrogens with zero attached hydrogens (tertiary/aromatic N) is 2. The molecule has 2 amide bonds. The Morgan fingerprint density at radius 2 is 1.59 bits per heavy atom. The molecule has 0 aliphatic rings. The van der Waals surface area contributed by atoms with E-state index in [0.717, 1.165) is 37.2 Å². The van der Waals surface area contributed by atoms with Crippen molar-refractivity contribution >= 4 is 50.1 Å². The average molecular weight is 662 g/mol. The van der Waals surface area contributed by atoms with Gasteiger partial charge in [-0.05, 0) is 78.3 Å². The third-order valence-electron chi connectivity index (χ3n) is 6.50. The lowest BCUT2D eigenvalue weighted by Crippen LogP contribution is -2.54. The standard InChI is InChI=1S/C30H36IN3O4S/c1-5-23(3)32-30(36)28(19-24-11-7-6-8-12-24)33(20-25-13-9-10-22(2)18-25)29(35)21-34(39(4,37)38)27-16-14-26(31)15-17-27/h6-18,23,28H,5,19-21H2,1-4H3,(H,32,36)/t23-,28-/m0/s1. The number of carbonyl (C=O) groups is 2. The molecule has 0 saturated carbocycles. The van der Waals surface area contributed by atoms with Gasteiger partial charge in [-0.3, -0.25) is 13.9 Å². The van der Waals surface area contributed by atoms with Crippen molar-refractivity contribution in [2.45, 2.75) is 52.2 Å². The summed E-state index contributed by atoms with van der Waals surface area (Å²) in [4.78, 5) is 29.3. The number of rotatable bonds is 12. The fourth-order valence-corrected chi connectivity index (χ4v) is 5.43. The third kappa shape index (κ3) is 9.06. The van der Waals surface area contributed by atoms with Crippen LogP contribution in [0.1, 0.15) is 37.0 Å². The molecule has 208 valence electrons. The van der Waals surface area contributed by atoms with E-state index in [1.165, 1.54) is 4.90 Å². The SMILES string of the molecule is CC[C@H](C)NC(=O)[C@H](Cc1ccccc1)N(Cc1cccc(C)c1)C(=O)CN(c1ccc(I)cc1)S(C)(=O)=O. The lowest BCUT2D eigenvalue weighted by Gasteiger charge is -2.34. The number of amides is 2. The number of carbonyl (C=O) groups excluding carboxylic acids is 2. The van der Waals surface area contributed by atoms with Crippen LogP contribution in [0.3, 0.4) is 0 Å². The molecule has 0 aliphatic heterocycles. The van der Waals surface area contributed by atoms with Crippen LogP contribution in [0.25, 0.3) is 0 Å². The Kier molecular flexibility index (Phi) is 10.9. The zero-order valence-corrected chi connectivity index (χ0v) is 25.8.